The molecule has 0 atom stereocenters. The van der Waals surface area contributed by atoms with Crippen LogP contribution in [0.25, 0.3) is 0 Å². The Morgan fingerprint density at radius 2 is 1.86 bits per heavy atom. The Morgan fingerprint density at radius 1 is 1.14 bits per heavy atom. The van der Waals surface area contributed by atoms with Crippen LogP contribution in [0, 0.1) is 0 Å². The third-order valence-corrected chi connectivity index (χ3v) is 6.07. The van der Waals surface area contributed by atoms with Gasteiger partial charge in [-0.1, -0.05) is 0 Å². The highest BCUT2D eigenvalue weighted by Gasteiger charge is 2.27. The molecule has 0 radical (unpaired) electrons. The molecule has 0 spiro atoms. The molecule has 1 aromatic carbocycles. The highest BCUT2D eigenvalue weighted by molar-refractivity contribution is 7.89. The molecular weight excluding hydrogens is 384 g/mol. The van der Waals surface area contributed by atoms with Gasteiger partial charge in [0.15, 0.2) is 0 Å². The second-order valence-electron chi connectivity index (χ2n) is 6.13. The Morgan fingerprint density at radius 3 is 2.50 bits per heavy atom. The lowest BCUT2D eigenvalue weighted by atomic mass is 10.2. The molecule has 1 fully saturated rings. The van der Waals surface area contributed by atoms with Crippen LogP contribution in [-0.2, 0) is 14.8 Å². The topological polar surface area (TPSA) is 121 Å². The molecule has 2 heterocycles. The van der Waals surface area contributed by atoms with Gasteiger partial charge < -0.3 is 9.73 Å². The number of hydrazone groups is 1. The fourth-order valence-electron chi connectivity index (χ4n) is 2.69. The number of nitrogens with zero attached hydrogens (tertiary/aromatic N) is 2. The molecule has 1 aliphatic heterocycles. The molecule has 0 unspecified atom stereocenters. The Balaban J connectivity index is 1.51. The standard InChI is InChI=1S/C18H20N4O5S/c23-17(21-20-12-15-4-3-11-27-15)13-19-18(24)14-5-7-16(8-6-14)28(25,26)22-9-1-2-10-22/h3-8,11-12H,1-2,9-10,13H2,(H,19,24)(H,21,23)/b20-12-. The minimum atomic E-state index is -3.52. The average Bonchev–Trinajstić information content (AvgIpc) is 3.40. The number of carbonyl (C=O) groups is 2. The van der Waals surface area contributed by atoms with E-state index in [0.717, 1.165) is 12.8 Å². The van der Waals surface area contributed by atoms with Crippen molar-refractivity contribution in [1.82, 2.24) is 15.0 Å². The normalized spacial score (nSPS) is 15.0. The lowest BCUT2D eigenvalue weighted by molar-refractivity contribution is -0.120. The largest absolute Gasteiger partial charge is 0.463 e. The Kier molecular flexibility index (Phi) is 6.22. The van der Waals surface area contributed by atoms with Crippen molar-refractivity contribution < 1.29 is 22.4 Å². The minimum Gasteiger partial charge on any atom is -0.463 e. The molecule has 9 nitrogen and oxygen atoms in total. The van der Waals surface area contributed by atoms with Crippen molar-refractivity contribution in [3.05, 3.63) is 54.0 Å². The summed E-state index contributed by atoms with van der Waals surface area (Å²) in [5, 5.41) is 6.15. The number of carbonyl (C=O) groups excluding carboxylic acids is 2. The van der Waals surface area contributed by atoms with Crippen LogP contribution in [0.1, 0.15) is 29.0 Å². The Labute approximate surface area is 162 Å². The second kappa shape index (κ2) is 8.81. The summed E-state index contributed by atoms with van der Waals surface area (Å²) in [5.74, 6) is -0.520. The van der Waals surface area contributed by atoms with Crippen molar-refractivity contribution in [2.75, 3.05) is 19.6 Å². The number of amides is 2. The maximum atomic E-state index is 12.5. The molecule has 1 aliphatic rings. The summed E-state index contributed by atoms with van der Waals surface area (Å²) in [4.78, 5) is 24.0. The smallest absolute Gasteiger partial charge is 0.259 e. The predicted molar refractivity (Wildman–Crippen MR) is 101 cm³/mol. The van der Waals surface area contributed by atoms with Crippen molar-refractivity contribution in [3.8, 4) is 0 Å². The Bertz CT molecular complexity index is 946. The first kappa shape index (κ1) is 19.8. The van der Waals surface area contributed by atoms with E-state index in [4.69, 9.17) is 4.42 Å². The number of sulfonamides is 1. The first-order chi connectivity index (χ1) is 13.5. The van der Waals surface area contributed by atoms with Crippen LogP contribution < -0.4 is 10.7 Å². The molecule has 3 rings (SSSR count). The fourth-order valence-corrected chi connectivity index (χ4v) is 4.21. The number of hydrogen-bond donors (Lipinski definition) is 2. The summed E-state index contributed by atoms with van der Waals surface area (Å²) in [6, 6.07) is 9.00. The van der Waals surface area contributed by atoms with Gasteiger partial charge in [-0.25, -0.2) is 13.8 Å². The van der Waals surface area contributed by atoms with E-state index in [1.807, 2.05) is 0 Å². The lowest BCUT2D eigenvalue weighted by Gasteiger charge is -2.15. The van der Waals surface area contributed by atoms with Gasteiger partial charge in [0, 0.05) is 18.7 Å². The molecule has 2 aromatic rings. The summed E-state index contributed by atoms with van der Waals surface area (Å²) in [5.41, 5.74) is 2.52. The van der Waals surface area contributed by atoms with Gasteiger partial charge in [0.1, 0.15) is 5.76 Å². The summed E-state index contributed by atoms with van der Waals surface area (Å²) < 4.78 is 31.4. The SMILES string of the molecule is O=C(CNC(=O)c1ccc(S(=O)(=O)N2CCCC2)cc1)N/N=C\c1ccco1. The molecule has 0 saturated carbocycles. The van der Waals surface area contributed by atoms with Gasteiger partial charge in [0.25, 0.3) is 11.8 Å². The monoisotopic (exact) mass is 404 g/mol. The quantitative estimate of drug-likeness (QED) is 0.526. The van der Waals surface area contributed by atoms with Crippen LogP contribution in [0.5, 0.6) is 0 Å². The molecule has 148 valence electrons. The van der Waals surface area contributed by atoms with Crippen LogP contribution in [0.4, 0.5) is 0 Å². The molecule has 0 bridgehead atoms. The third-order valence-electron chi connectivity index (χ3n) is 4.15. The van der Waals surface area contributed by atoms with Gasteiger partial charge in [-0.2, -0.15) is 9.41 Å². The minimum absolute atomic E-state index is 0.149. The fraction of sp³-hybridized carbons (Fsp3) is 0.278. The van der Waals surface area contributed by atoms with E-state index in [0.29, 0.717) is 18.8 Å². The number of furan rings is 1. The maximum absolute atomic E-state index is 12.5. The predicted octanol–water partition coefficient (Wildman–Crippen LogP) is 0.944. The zero-order valence-electron chi connectivity index (χ0n) is 15.0. The molecule has 2 N–H and O–H groups in total. The van der Waals surface area contributed by atoms with Crippen LogP contribution in [0.2, 0.25) is 0 Å². The number of nitrogens with one attached hydrogen (secondary N) is 2. The highest BCUT2D eigenvalue weighted by Crippen LogP contribution is 2.21. The van der Waals surface area contributed by atoms with E-state index < -0.39 is 21.8 Å². The Hall–Kier alpha value is -2.98. The summed E-state index contributed by atoms with van der Waals surface area (Å²) in [6.07, 6.45) is 4.52. The van der Waals surface area contributed by atoms with Gasteiger partial charge in [-0.05, 0) is 49.2 Å². The van der Waals surface area contributed by atoms with Crippen molar-refractivity contribution >= 4 is 28.1 Å². The van der Waals surface area contributed by atoms with Gasteiger partial charge in [0.2, 0.25) is 10.0 Å². The zero-order chi connectivity index (χ0) is 20.0. The second-order valence-corrected chi connectivity index (χ2v) is 8.06. The van der Waals surface area contributed by atoms with Gasteiger partial charge in [-0.3, -0.25) is 9.59 Å². The van der Waals surface area contributed by atoms with Gasteiger partial charge in [0.05, 0.1) is 23.9 Å². The molecular formula is C18H20N4O5S. The van der Waals surface area contributed by atoms with E-state index in [-0.39, 0.29) is 17.0 Å². The van der Waals surface area contributed by atoms with Crippen molar-refractivity contribution in [2.24, 2.45) is 5.10 Å². The van der Waals surface area contributed by atoms with Crippen LogP contribution in [-0.4, -0.2) is 50.4 Å². The molecule has 1 saturated heterocycles. The molecule has 1 aromatic heterocycles. The number of benzene rings is 1. The van der Waals surface area contributed by atoms with E-state index in [1.54, 1.807) is 12.1 Å². The summed E-state index contributed by atoms with van der Waals surface area (Å²) in [7, 11) is -3.52. The van der Waals surface area contributed by atoms with E-state index in [2.05, 4.69) is 15.8 Å². The van der Waals surface area contributed by atoms with Crippen LogP contribution in [0.15, 0.2) is 57.1 Å². The molecule has 28 heavy (non-hydrogen) atoms. The zero-order valence-corrected chi connectivity index (χ0v) is 15.8. The van der Waals surface area contributed by atoms with E-state index in [1.165, 1.54) is 41.0 Å². The molecule has 2 amide bonds. The first-order valence-electron chi connectivity index (χ1n) is 8.70. The van der Waals surface area contributed by atoms with Crippen LogP contribution >= 0.6 is 0 Å². The van der Waals surface area contributed by atoms with Crippen molar-refractivity contribution in [2.45, 2.75) is 17.7 Å². The van der Waals surface area contributed by atoms with Gasteiger partial charge >= 0.3 is 0 Å². The van der Waals surface area contributed by atoms with E-state index >= 15 is 0 Å². The molecule has 10 heteroatoms. The maximum Gasteiger partial charge on any atom is 0.259 e. The molecule has 0 aliphatic carbocycles. The van der Waals surface area contributed by atoms with Crippen molar-refractivity contribution in [1.29, 1.82) is 0 Å². The number of hydrogen-bond acceptors (Lipinski definition) is 6. The first-order valence-corrected chi connectivity index (χ1v) is 10.1. The third kappa shape index (κ3) is 4.84. The van der Waals surface area contributed by atoms with E-state index in [9.17, 15) is 18.0 Å². The summed E-state index contributed by atoms with van der Waals surface area (Å²) in [6.45, 7) is 0.756. The van der Waals surface area contributed by atoms with Gasteiger partial charge in [-0.15, -0.1) is 0 Å². The number of rotatable bonds is 7. The average molecular weight is 404 g/mol. The van der Waals surface area contributed by atoms with Crippen molar-refractivity contribution in [3.63, 3.8) is 0 Å². The lowest BCUT2D eigenvalue weighted by Crippen LogP contribution is -2.35. The summed E-state index contributed by atoms with van der Waals surface area (Å²) >= 11 is 0. The highest BCUT2D eigenvalue weighted by atomic mass is 32.2. The van der Waals surface area contributed by atoms with Crippen LogP contribution in [0.3, 0.4) is 0 Å².